The highest BCUT2D eigenvalue weighted by Crippen LogP contribution is 2.32. The molecule has 0 saturated carbocycles. The van der Waals surface area contributed by atoms with Crippen LogP contribution in [-0.2, 0) is 12.6 Å². The molecule has 16 heavy (non-hydrogen) atoms. The summed E-state index contributed by atoms with van der Waals surface area (Å²) in [5.74, 6) is -1.24. The molecule has 90 valence electrons. The van der Waals surface area contributed by atoms with Gasteiger partial charge in [-0.3, -0.25) is 0 Å². The maximum atomic E-state index is 13.4. The molecule has 1 nitrogen and oxygen atoms in total. The summed E-state index contributed by atoms with van der Waals surface area (Å²) in [6.07, 6.45) is -5.01. The second kappa shape index (κ2) is 4.82. The van der Waals surface area contributed by atoms with E-state index in [1.165, 1.54) is 19.1 Å². The van der Waals surface area contributed by atoms with Gasteiger partial charge in [0, 0.05) is 0 Å². The van der Waals surface area contributed by atoms with E-state index in [4.69, 9.17) is 5.11 Å². The first kappa shape index (κ1) is 13.0. The molecule has 0 aliphatic rings. The fourth-order valence-electron chi connectivity index (χ4n) is 1.36. The molecule has 1 atom stereocenters. The summed E-state index contributed by atoms with van der Waals surface area (Å²) in [4.78, 5) is 0. The standard InChI is InChI=1S/C11H12F4O/c1-7(16)5-6-8-3-2-4-9(10(8)12)11(13,14)15/h2-4,7,16H,5-6H2,1H3/t7-/m0/s1. The van der Waals surface area contributed by atoms with Gasteiger partial charge in [-0.2, -0.15) is 13.2 Å². The lowest BCUT2D eigenvalue weighted by Crippen LogP contribution is -2.11. The number of rotatable bonds is 3. The summed E-state index contributed by atoms with van der Waals surface area (Å²) in [6, 6.07) is 3.18. The SMILES string of the molecule is C[C@H](O)CCc1cccc(C(F)(F)F)c1F. The van der Waals surface area contributed by atoms with Crippen molar-refractivity contribution in [2.45, 2.75) is 32.0 Å². The van der Waals surface area contributed by atoms with E-state index in [1.807, 2.05) is 0 Å². The van der Waals surface area contributed by atoms with Gasteiger partial charge in [0.2, 0.25) is 0 Å². The highest BCUT2D eigenvalue weighted by Gasteiger charge is 2.34. The van der Waals surface area contributed by atoms with Gasteiger partial charge in [-0.25, -0.2) is 4.39 Å². The fraction of sp³-hybridized carbons (Fsp3) is 0.455. The van der Waals surface area contributed by atoms with Gasteiger partial charge in [0.05, 0.1) is 11.7 Å². The summed E-state index contributed by atoms with van der Waals surface area (Å²) in [5, 5.41) is 8.99. The summed E-state index contributed by atoms with van der Waals surface area (Å²) in [7, 11) is 0. The molecule has 0 saturated heterocycles. The third kappa shape index (κ3) is 3.20. The number of aliphatic hydroxyl groups is 1. The lowest BCUT2D eigenvalue weighted by Gasteiger charge is -2.11. The molecule has 1 aromatic carbocycles. The Morgan fingerprint density at radius 2 is 1.94 bits per heavy atom. The van der Waals surface area contributed by atoms with Gasteiger partial charge >= 0.3 is 6.18 Å². The minimum absolute atomic E-state index is 0.0178. The zero-order valence-corrected chi connectivity index (χ0v) is 8.68. The largest absolute Gasteiger partial charge is 0.419 e. The lowest BCUT2D eigenvalue weighted by atomic mass is 10.0. The van der Waals surface area contributed by atoms with Crippen LogP contribution in [0.2, 0.25) is 0 Å². The number of aliphatic hydroxyl groups excluding tert-OH is 1. The van der Waals surface area contributed by atoms with Crippen molar-refractivity contribution >= 4 is 0 Å². The topological polar surface area (TPSA) is 20.2 Å². The molecule has 1 rings (SSSR count). The summed E-state index contributed by atoms with van der Waals surface area (Å²) >= 11 is 0. The van der Waals surface area contributed by atoms with E-state index >= 15 is 0 Å². The minimum Gasteiger partial charge on any atom is -0.393 e. The third-order valence-corrected chi connectivity index (χ3v) is 2.22. The molecule has 0 aliphatic carbocycles. The van der Waals surface area contributed by atoms with E-state index in [2.05, 4.69) is 0 Å². The van der Waals surface area contributed by atoms with Gasteiger partial charge < -0.3 is 5.11 Å². The van der Waals surface area contributed by atoms with Gasteiger partial charge in [0.25, 0.3) is 0 Å². The summed E-state index contributed by atoms with van der Waals surface area (Å²) < 4.78 is 50.4. The van der Waals surface area contributed by atoms with Crippen LogP contribution in [0.3, 0.4) is 0 Å². The highest BCUT2D eigenvalue weighted by molar-refractivity contribution is 5.28. The van der Waals surface area contributed by atoms with Crippen LogP contribution in [0.4, 0.5) is 17.6 Å². The van der Waals surface area contributed by atoms with Crippen molar-refractivity contribution in [2.75, 3.05) is 0 Å². The molecule has 0 fully saturated rings. The molecule has 0 aromatic heterocycles. The van der Waals surface area contributed by atoms with Gasteiger partial charge in [-0.1, -0.05) is 12.1 Å². The van der Waals surface area contributed by atoms with E-state index in [1.54, 1.807) is 0 Å². The number of hydrogen-bond donors (Lipinski definition) is 1. The van der Waals surface area contributed by atoms with Crippen molar-refractivity contribution < 1.29 is 22.7 Å². The van der Waals surface area contributed by atoms with Crippen LogP contribution in [-0.4, -0.2) is 11.2 Å². The van der Waals surface area contributed by atoms with Crippen LogP contribution in [0.25, 0.3) is 0 Å². The molecule has 0 spiro atoms. The van der Waals surface area contributed by atoms with Crippen LogP contribution in [0.15, 0.2) is 18.2 Å². The molecular formula is C11H12F4O. The maximum Gasteiger partial charge on any atom is 0.419 e. The number of halogens is 4. The van der Waals surface area contributed by atoms with E-state index < -0.39 is 23.7 Å². The Hall–Kier alpha value is -1.10. The Morgan fingerprint density at radius 3 is 2.44 bits per heavy atom. The molecule has 0 bridgehead atoms. The van der Waals surface area contributed by atoms with Gasteiger partial charge in [-0.05, 0) is 31.4 Å². The summed E-state index contributed by atoms with van der Waals surface area (Å²) in [5.41, 5.74) is -1.27. The first-order valence-electron chi connectivity index (χ1n) is 4.85. The molecule has 1 aromatic rings. The van der Waals surface area contributed by atoms with Crippen LogP contribution < -0.4 is 0 Å². The number of hydrogen-bond acceptors (Lipinski definition) is 1. The molecule has 0 aliphatic heterocycles. The molecule has 0 heterocycles. The summed E-state index contributed by atoms with van der Waals surface area (Å²) in [6.45, 7) is 1.51. The fourth-order valence-corrected chi connectivity index (χ4v) is 1.36. The first-order valence-corrected chi connectivity index (χ1v) is 4.85. The predicted molar refractivity (Wildman–Crippen MR) is 51.4 cm³/mol. The van der Waals surface area contributed by atoms with Crippen LogP contribution in [0, 0.1) is 5.82 Å². The lowest BCUT2D eigenvalue weighted by molar-refractivity contribution is -0.140. The van der Waals surface area contributed by atoms with Gasteiger partial charge in [-0.15, -0.1) is 0 Å². The van der Waals surface area contributed by atoms with Crippen molar-refractivity contribution in [3.8, 4) is 0 Å². The van der Waals surface area contributed by atoms with Crippen molar-refractivity contribution in [3.05, 3.63) is 35.1 Å². The number of aryl methyl sites for hydroxylation is 1. The number of alkyl halides is 3. The van der Waals surface area contributed by atoms with Crippen LogP contribution in [0.1, 0.15) is 24.5 Å². The Bertz CT molecular complexity index is 357. The second-order valence-electron chi connectivity index (χ2n) is 3.66. The Labute approximate surface area is 90.7 Å². The Balaban J connectivity index is 2.96. The quantitative estimate of drug-likeness (QED) is 0.799. The van der Waals surface area contributed by atoms with Crippen molar-refractivity contribution in [3.63, 3.8) is 0 Å². The Kier molecular flexibility index (Phi) is 3.91. The molecule has 0 unspecified atom stereocenters. The zero-order chi connectivity index (χ0) is 12.3. The number of benzene rings is 1. The van der Waals surface area contributed by atoms with Crippen molar-refractivity contribution in [1.29, 1.82) is 0 Å². The Morgan fingerprint density at radius 1 is 1.31 bits per heavy atom. The average molecular weight is 236 g/mol. The van der Waals surface area contributed by atoms with Gasteiger partial charge in [0.1, 0.15) is 5.82 Å². The third-order valence-electron chi connectivity index (χ3n) is 2.22. The predicted octanol–water partition coefficient (Wildman–Crippen LogP) is 3.16. The van der Waals surface area contributed by atoms with E-state index in [0.717, 1.165) is 0 Å². The second-order valence-corrected chi connectivity index (χ2v) is 3.66. The smallest absolute Gasteiger partial charge is 0.393 e. The maximum absolute atomic E-state index is 13.4. The van der Waals surface area contributed by atoms with Crippen molar-refractivity contribution in [1.82, 2.24) is 0 Å². The minimum atomic E-state index is -4.68. The zero-order valence-electron chi connectivity index (χ0n) is 8.68. The monoisotopic (exact) mass is 236 g/mol. The highest BCUT2D eigenvalue weighted by atomic mass is 19.4. The van der Waals surface area contributed by atoms with Crippen molar-refractivity contribution in [2.24, 2.45) is 0 Å². The molecule has 1 N–H and O–H groups in total. The van der Waals surface area contributed by atoms with Crippen LogP contribution in [0.5, 0.6) is 0 Å². The first-order chi connectivity index (χ1) is 7.32. The van der Waals surface area contributed by atoms with E-state index in [0.29, 0.717) is 6.07 Å². The molecule has 5 heteroatoms. The average Bonchev–Trinajstić information content (AvgIpc) is 2.14. The molecule has 0 radical (unpaired) electrons. The molecular weight excluding hydrogens is 224 g/mol. The molecule has 0 amide bonds. The van der Waals surface area contributed by atoms with E-state index in [9.17, 15) is 17.6 Å². The van der Waals surface area contributed by atoms with E-state index in [-0.39, 0.29) is 18.4 Å². The van der Waals surface area contributed by atoms with Gasteiger partial charge in [0.15, 0.2) is 0 Å². The van der Waals surface area contributed by atoms with Crippen LogP contribution >= 0.6 is 0 Å². The normalized spacial score (nSPS) is 13.9.